The van der Waals surface area contributed by atoms with Gasteiger partial charge in [0.1, 0.15) is 5.69 Å². The van der Waals surface area contributed by atoms with Crippen LogP contribution < -0.4 is 24.4 Å². The van der Waals surface area contributed by atoms with Gasteiger partial charge in [0.05, 0.1) is 25.5 Å². The molecule has 10 nitrogen and oxygen atoms in total. The highest BCUT2D eigenvalue weighted by Gasteiger charge is 2.20. The zero-order valence-corrected chi connectivity index (χ0v) is 25.2. The summed E-state index contributed by atoms with van der Waals surface area (Å²) in [4.78, 5) is 40.9. The number of H-pyrrole nitrogens is 1. The predicted octanol–water partition coefficient (Wildman–Crippen LogP) is 6.46. The van der Waals surface area contributed by atoms with E-state index in [1.54, 1.807) is 25.1 Å². The normalized spacial score (nSPS) is 10.9. The van der Waals surface area contributed by atoms with Gasteiger partial charge in [0.15, 0.2) is 23.0 Å². The van der Waals surface area contributed by atoms with Crippen LogP contribution in [0.15, 0.2) is 90.0 Å². The molecule has 5 rings (SSSR count). The van der Waals surface area contributed by atoms with E-state index >= 15 is 0 Å². The number of benzene rings is 4. The van der Waals surface area contributed by atoms with Crippen molar-refractivity contribution >= 4 is 35.0 Å². The monoisotopic (exact) mass is 605 g/mol. The van der Waals surface area contributed by atoms with Crippen LogP contribution in [0.4, 0.5) is 0 Å². The van der Waals surface area contributed by atoms with Gasteiger partial charge in [-0.2, -0.15) is 5.10 Å². The zero-order chi connectivity index (χ0) is 31.9. The van der Waals surface area contributed by atoms with Gasteiger partial charge < -0.3 is 23.9 Å². The lowest BCUT2D eigenvalue weighted by atomic mass is 10.0. The van der Waals surface area contributed by atoms with Crippen LogP contribution >= 0.6 is 0 Å². The lowest BCUT2D eigenvalue weighted by Gasteiger charge is -2.13. The maximum Gasteiger partial charge on any atom is 0.343 e. The fourth-order valence-electron chi connectivity index (χ4n) is 4.81. The zero-order valence-electron chi connectivity index (χ0n) is 25.2. The highest BCUT2D eigenvalue weighted by molar-refractivity contribution is 6.10. The van der Waals surface area contributed by atoms with Crippen LogP contribution in [-0.4, -0.2) is 42.8 Å². The van der Waals surface area contributed by atoms with Crippen molar-refractivity contribution in [3.63, 3.8) is 0 Å². The Bertz CT molecular complexity index is 1910. The molecule has 0 aliphatic heterocycles. The number of nitrogens with zero attached hydrogens (tertiary/aromatic N) is 1. The molecule has 2 N–H and O–H groups in total. The van der Waals surface area contributed by atoms with E-state index in [0.29, 0.717) is 23.6 Å². The van der Waals surface area contributed by atoms with Gasteiger partial charge in [-0.25, -0.2) is 10.2 Å². The molecule has 0 unspecified atom stereocenters. The first-order valence-electron chi connectivity index (χ1n) is 14.1. The highest BCUT2D eigenvalue weighted by atomic mass is 16.6. The number of hydrogen-bond donors (Lipinski definition) is 2. The second kappa shape index (κ2) is 13.6. The Hall–Kier alpha value is -5.90. The lowest BCUT2D eigenvalue weighted by molar-refractivity contribution is -0.132. The lowest BCUT2D eigenvalue weighted by Crippen LogP contribution is -2.19. The van der Waals surface area contributed by atoms with Crippen molar-refractivity contribution in [3.8, 4) is 34.1 Å². The summed E-state index contributed by atoms with van der Waals surface area (Å²) in [6, 6.07) is 24.9. The highest BCUT2D eigenvalue weighted by Crippen LogP contribution is 2.34. The number of amides is 1. The van der Waals surface area contributed by atoms with Gasteiger partial charge in [0, 0.05) is 23.4 Å². The van der Waals surface area contributed by atoms with E-state index in [1.807, 2.05) is 55.5 Å². The molecule has 45 heavy (non-hydrogen) atoms. The molecule has 1 amide bonds. The number of ether oxygens (including phenoxy) is 4. The molecular formula is C35H31N3O7. The third-order valence-corrected chi connectivity index (χ3v) is 6.83. The second-order valence-corrected chi connectivity index (χ2v) is 9.93. The summed E-state index contributed by atoms with van der Waals surface area (Å²) in [6.07, 6.45) is 1.47. The van der Waals surface area contributed by atoms with Crippen LogP contribution in [0.5, 0.6) is 23.0 Å². The number of aromatic amines is 1. The first-order valence-corrected chi connectivity index (χ1v) is 14.1. The molecule has 1 aromatic heterocycles. The third-order valence-electron chi connectivity index (χ3n) is 6.83. The summed E-state index contributed by atoms with van der Waals surface area (Å²) in [5, 5.41) is 5.12. The van der Waals surface area contributed by atoms with E-state index in [0.717, 1.165) is 27.6 Å². The number of methoxy groups -OCH3 is 1. The van der Waals surface area contributed by atoms with Crippen LogP contribution in [0.2, 0.25) is 0 Å². The number of para-hydroxylation sites is 1. The number of carbonyl (C=O) groups is 3. The van der Waals surface area contributed by atoms with Crippen LogP contribution in [0.1, 0.15) is 45.8 Å². The van der Waals surface area contributed by atoms with Crippen molar-refractivity contribution in [3.05, 3.63) is 107 Å². The average molecular weight is 606 g/mol. The Morgan fingerprint density at radius 3 is 2.36 bits per heavy atom. The van der Waals surface area contributed by atoms with Crippen molar-refractivity contribution in [1.82, 2.24) is 10.4 Å². The average Bonchev–Trinajstić information content (AvgIpc) is 3.44. The van der Waals surface area contributed by atoms with Crippen molar-refractivity contribution in [1.29, 1.82) is 0 Å². The summed E-state index contributed by atoms with van der Waals surface area (Å²) in [5.41, 5.74) is 7.41. The van der Waals surface area contributed by atoms with Crippen molar-refractivity contribution in [2.75, 3.05) is 13.7 Å². The molecule has 0 atom stereocenters. The van der Waals surface area contributed by atoms with E-state index in [9.17, 15) is 14.4 Å². The van der Waals surface area contributed by atoms with E-state index in [1.165, 1.54) is 38.4 Å². The molecule has 0 fully saturated rings. The molecule has 0 aliphatic rings. The Morgan fingerprint density at radius 1 is 0.867 bits per heavy atom. The molecule has 0 aliphatic carbocycles. The standard InChI is InChI=1S/C35H31N3O7/c1-5-43-30-18-23(14-16-28(30)45-35(41)25-15-17-27(44-22(3)39)29(19-25)42-4)20-36-38-34(40)33-31(24-11-7-6-8-12-24)26-13-9-10-21(2)32(26)37-33/h6-20,37H,5H2,1-4H3,(H,38,40). The minimum absolute atomic E-state index is 0.181. The first-order chi connectivity index (χ1) is 21.8. The fraction of sp³-hybridized carbons (Fsp3) is 0.143. The van der Waals surface area contributed by atoms with Gasteiger partial charge >= 0.3 is 11.9 Å². The number of esters is 2. The van der Waals surface area contributed by atoms with Crippen molar-refractivity contribution in [2.24, 2.45) is 5.10 Å². The number of fused-ring (bicyclic) bond motifs is 1. The molecule has 10 heteroatoms. The Balaban J connectivity index is 1.34. The quantitative estimate of drug-likeness (QED) is 0.0809. The van der Waals surface area contributed by atoms with Crippen molar-refractivity contribution < 1.29 is 33.3 Å². The number of hydrazone groups is 1. The van der Waals surface area contributed by atoms with Gasteiger partial charge in [0.25, 0.3) is 5.91 Å². The number of aromatic nitrogens is 1. The van der Waals surface area contributed by atoms with Crippen LogP contribution in [0, 0.1) is 6.92 Å². The predicted molar refractivity (Wildman–Crippen MR) is 170 cm³/mol. The largest absolute Gasteiger partial charge is 0.493 e. The van der Waals surface area contributed by atoms with Gasteiger partial charge in [-0.15, -0.1) is 0 Å². The SMILES string of the molecule is CCOc1cc(C=NNC(=O)c2[nH]c3c(C)cccc3c2-c2ccccc2)ccc1OC(=O)c1ccc(OC(C)=O)c(OC)c1. The van der Waals surface area contributed by atoms with Crippen LogP contribution in [0.25, 0.3) is 22.0 Å². The summed E-state index contributed by atoms with van der Waals surface area (Å²) in [5.74, 6) is -0.696. The topological polar surface area (TPSA) is 128 Å². The molecule has 0 saturated carbocycles. The Kier molecular flexibility index (Phi) is 9.23. The van der Waals surface area contributed by atoms with Crippen molar-refractivity contribution in [2.45, 2.75) is 20.8 Å². The number of aryl methyl sites for hydroxylation is 1. The summed E-state index contributed by atoms with van der Waals surface area (Å²) >= 11 is 0. The number of nitrogens with one attached hydrogen (secondary N) is 2. The third kappa shape index (κ3) is 6.86. The Morgan fingerprint density at radius 2 is 1.62 bits per heavy atom. The van der Waals surface area contributed by atoms with E-state index in [-0.39, 0.29) is 22.8 Å². The summed E-state index contributed by atoms with van der Waals surface area (Å²) in [7, 11) is 1.40. The molecule has 0 saturated heterocycles. The molecule has 4 aromatic carbocycles. The van der Waals surface area contributed by atoms with E-state index in [4.69, 9.17) is 18.9 Å². The molecule has 0 radical (unpaired) electrons. The molecular weight excluding hydrogens is 574 g/mol. The van der Waals surface area contributed by atoms with Gasteiger partial charge in [0.2, 0.25) is 0 Å². The molecule has 0 bridgehead atoms. The van der Waals surface area contributed by atoms with E-state index < -0.39 is 17.8 Å². The summed E-state index contributed by atoms with van der Waals surface area (Å²) in [6.45, 7) is 5.38. The molecule has 1 heterocycles. The van der Waals surface area contributed by atoms with Gasteiger partial charge in [-0.3, -0.25) is 9.59 Å². The van der Waals surface area contributed by atoms with E-state index in [2.05, 4.69) is 15.5 Å². The summed E-state index contributed by atoms with van der Waals surface area (Å²) < 4.78 is 21.7. The number of rotatable bonds is 10. The fourth-order valence-corrected chi connectivity index (χ4v) is 4.81. The number of carbonyl (C=O) groups excluding carboxylic acids is 3. The van der Waals surface area contributed by atoms with Gasteiger partial charge in [-0.1, -0.05) is 48.5 Å². The maximum absolute atomic E-state index is 13.3. The Labute approximate surface area is 259 Å². The molecule has 0 spiro atoms. The number of hydrogen-bond acceptors (Lipinski definition) is 8. The molecule has 5 aromatic rings. The van der Waals surface area contributed by atoms with Crippen LogP contribution in [-0.2, 0) is 4.79 Å². The maximum atomic E-state index is 13.3. The minimum atomic E-state index is -0.667. The van der Waals surface area contributed by atoms with Crippen LogP contribution in [0.3, 0.4) is 0 Å². The molecule has 228 valence electrons. The second-order valence-electron chi connectivity index (χ2n) is 9.93. The van der Waals surface area contributed by atoms with Gasteiger partial charge in [-0.05, 0) is 66.9 Å². The first kappa shape index (κ1) is 30.6. The minimum Gasteiger partial charge on any atom is -0.493 e. The smallest absolute Gasteiger partial charge is 0.343 e.